The van der Waals surface area contributed by atoms with E-state index in [-0.39, 0.29) is 5.69 Å². The molecule has 0 spiro atoms. The largest absolute Gasteiger partial charge is 0.416 e. The highest BCUT2D eigenvalue weighted by Gasteiger charge is 2.30. The van der Waals surface area contributed by atoms with E-state index in [0.29, 0.717) is 17.8 Å². The molecule has 144 valence electrons. The third-order valence-corrected chi connectivity index (χ3v) is 4.07. The number of hydrogen-bond acceptors (Lipinski definition) is 3. The van der Waals surface area contributed by atoms with E-state index in [2.05, 4.69) is 15.6 Å². The number of halogens is 3. The third-order valence-electron chi connectivity index (χ3n) is 4.07. The van der Waals surface area contributed by atoms with Crippen LogP contribution in [0.1, 0.15) is 21.5 Å². The van der Waals surface area contributed by atoms with Gasteiger partial charge in [-0.3, -0.25) is 9.78 Å². The third kappa shape index (κ3) is 5.09. The van der Waals surface area contributed by atoms with Crippen LogP contribution in [-0.2, 0) is 12.6 Å². The Morgan fingerprint density at radius 3 is 2.57 bits per heavy atom. The molecule has 3 aromatic rings. The molecule has 4 nitrogen and oxygen atoms in total. The van der Waals surface area contributed by atoms with Gasteiger partial charge in [0.15, 0.2) is 0 Å². The number of nitrogens with one attached hydrogen (secondary N) is 2. The lowest BCUT2D eigenvalue weighted by Crippen LogP contribution is -2.16. The summed E-state index contributed by atoms with van der Waals surface area (Å²) in [5.74, 6) is -0.483. The van der Waals surface area contributed by atoms with Gasteiger partial charge in [-0.2, -0.15) is 13.2 Å². The minimum atomic E-state index is -4.47. The van der Waals surface area contributed by atoms with E-state index >= 15 is 0 Å². The standard InChI is InChI=1S/C21H18F3N3O/c22-21(23,24)16-6-3-7-17(13-16)27-20(28)18-8-1-2-9-19(18)26-12-10-15-5-4-11-25-14-15/h1-9,11,13-14,26H,10,12H2,(H,27,28). The summed E-state index contributed by atoms with van der Waals surface area (Å²) in [5, 5.41) is 5.73. The number of amides is 1. The van der Waals surface area contributed by atoms with E-state index in [1.165, 1.54) is 12.1 Å². The zero-order valence-electron chi connectivity index (χ0n) is 14.8. The van der Waals surface area contributed by atoms with Gasteiger partial charge in [-0.1, -0.05) is 24.3 Å². The van der Waals surface area contributed by atoms with Crippen LogP contribution in [0.5, 0.6) is 0 Å². The molecule has 1 amide bonds. The van der Waals surface area contributed by atoms with Crippen molar-refractivity contribution in [2.75, 3.05) is 17.2 Å². The summed E-state index contributed by atoms with van der Waals surface area (Å²) in [6, 6.07) is 15.2. The van der Waals surface area contributed by atoms with Gasteiger partial charge in [0.2, 0.25) is 0 Å². The molecular formula is C21H18F3N3O. The van der Waals surface area contributed by atoms with E-state index in [1.807, 2.05) is 12.1 Å². The number of aromatic nitrogens is 1. The fraction of sp³-hybridized carbons (Fsp3) is 0.143. The fourth-order valence-electron chi connectivity index (χ4n) is 2.69. The average molecular weight is 385 g/mol. The Kier molecular flexibility index (Phi) is 5.93. The van der Waals surface area contributed by atoms with E-state index in [9.17, 15) is 18.0 Å². The molecule has 0 atom stereocenters. The maximum atomic E-state index is 12.8. The Balaban J connectivity index is 1.69. The first kappa shape index (κ1) is 19.4. The smallest absolute Gasteiger partial charge is 0.384 e. The van der Waals surface area contributed by atoms with Crippen LogP contribution in [0, 0.1) is 0 Å². The monoisotopic (exact) mass is 385 g/mol. The molecule has 0 saturated carbocycles. The number of nitrogens with zero attached hydrogens (tertiary/aromatic N) is 1. The van der Waals surface area contributed by atoms with Crippen molar-refractivity contribution >= 4 is 17.3 Å². The van der Waals surface area contributed by atoms with Crippen LogP contribution in [-0.4, -0.2) is 17.4 Å². The molecule has 0 aliphatic heterocycles. The van der Waals surface area contributed by atoms with Gasteiger partial charge in [0.05, 0.1) is 11.1 Å². The highest BCUT2D eigenvalue weighted by atomic mass is 19.4. The predicted molar refractivity (Wildman–Crippen MR) is 102 cm³/mol. The second-order valence-corrected chi connectivity index (χ2v) is 6.12. The van der Waals surface area contributed by atoms with Gasteiger partial charge in [0.1, 0.15) is 0 Å². The summed E-state index contributed by atoms with van der Waals surface area (Å²) in [4.78, 5) is 16.6. The number of alkyl halides is 3. The molecular weight excluding hydrogens is 367 g/mol. The maximum absolute atomic E-state index is 12.8. The zero-order valence-corrected chi connectivity index (χ0v) is 14.8. The van der Waals surface area contributed by atoms with Crippen molar-refractivity contribution in [1.82, 2.24) is 4.98 Å². The van der Waals surface area contributed by atoms with Gasteiger partial charge in [0, 0.05) is 30.3 Å². The van der Waals surface area contributed by atoms with Crippen molar-refractivity contribution in [1.29, 1.82) is 0 Å². The molecule has 0 aliphatic carbocycles. The molecule has 1 heterocycles. The lowest BCUT2D eigenvalue weighted by Gasteiger charge is -2.13. The molecule has 0 unspecified atom stereocenters. The number of para-hydroxylation sites is 1. The van der Waals surface area contributed by atoms with Gasteiger partial charge in [0.25, 0.3) is 5.91 Å². The first-order valence-corrected chi connectivity index (χ1v) is 8.64. The van der Waals surface area contributed by atoms with E-state index in [1.54, 1.807) is 36.7 Å². The molecule has 2 aromatic carbocycles. The van der Waals surface area contributed by atoms with Crippen molar-refractivity contribution < 1.29 is 18.0 Å². The number of carbonyl (C=O) groups is 1. The molecule has 0 fully saturated rings. The molecule has 1 aromatic heterocycles. The number of anilines is 2. The molecule has 2 N–H and O–H groups in total. The summed E-state index contributed by atoms with van der Waals surface area (Å²) in [6.45, 7) is 0.583. The summed E-state index contributed by atoms with van der Waals surface area (Å²) < 4.78 is 38.5. The maximum Gasteiger partial charge on any atom is 0.416 e. The molecule has 0 aliphatic rings. The van der Waals surface area contributed by atoms with Gasteiger partial charge in [-0.25, -0.2) is 0 Å². The Hall–Kier alpha value is -3.35. The van der Waals surface area contributed by atoms with Crippen molar-refractivity contribution in [3.05, 3.63) is 89.7 Å². The highest BCUT2D eigenvalue weighted by Crippen LogP contribution is 2.30. The molecule has 7 heteroatoms. The molecule has 0 radical (unpaired) electrons. The van der Waals surface area contributed by atoms with Crippen molar-refractivity contribution in [2.45, 2.75) is 12.6 Å². The molecule has 3 rings (SSSR count). The van der Waals surface area contributed by atoms with Gasteiger partial charge < -0.3 is 10.6 Å². The lowest BCUT2D eigenvalue weighted by atomic mass is 10.1. The normalized spacial score (nSPS) is 11.1. The number of carbonyl (C=O) groups excluding carboxylic acids is 1. The minimum absolute atomic E-state index is 0.0880. The quantitative estimate of drug-likeness (QED) is 0.627. The number of pyridine rings is 1. The number of benzene rings is 2. The van der Waals surface area contributed by atoms with E-state index < -0.39 is 17.6 Å². The Morgan fingerprint density at radius 1 is 1.00 bits per heavy atom. The van der Waals surface area contributed by atoms with Crippen LogP contribution in [0.4, 0.5) is 24.5 Å². The summed E-state index contributed by atoms with van der Waals surface area (Å²) in [7, 11) is 0. The molecule has 0 saturated heterocycles. The molecule has 28 heavy (non-hydrogen) atoms. The zero-order chi connectivity index (χ0) is 20.0. The second kappa shape index (κ2) is 8.56. The second-order valence-electron chi connectivity index (χ2n) is 6.12. The SMILES string of the molecule is O=C(Nc1cccc(C(F)(F)F)c1)c1ccccc1NCCc1cccnc1. The predicted octanol–water partition coefficient (Wildman–Crippen LogP) is 5.01. The topological polar surface area (TPSA) is 54.0 Å². The Morgan fingerprint density at radius 2 is 1.82 bits per heavy atom. The average Bonchev–Trinajstić information content (AvgIpc) is 2.69. The van der Waals surface area contributed by atoms with E-state index in [4.69, 9.17) is 0 Å². The fourth-order valence-corrected chi connectivity index (χ4v) is 2.69. The Bertz CT molecular complexity index is 943. The number of rotatable bonds is 6. The van der Waals surface area contributed by atoms with Crippen LogP contribution in [0.3, 0.4) is 0 Å². The van der Waals surface area contributed by atoms with Crippen molar-refractivity contribution in [3.63, 3.8) is 0 Å². The summed E-state index contributed by atoms with van der Waals surface area (Å²) in [6.07, 6.45) is -0.276. The van der Waals surface area contributed by atoms with Gasteiger partial charge in [-0.15, -0.1) is 0 Å². The van der Waals surface area contributed by atoms with Crippen molar-refractivity contribution in [3.8, 4) is 0 Å². The highest BCUT2D eigenvalue weighted by molar-refractivity contribution is 6.08. The minimum Gasteiger partial charge on any atom is -0.384 e. The summed E-state index contributed by atoms with van der Waals surface area (Å²) in [5.41, 5.74) is 1.29. The first-order chi connectivity index (χ1) is 13.4. The van der Waals surface area contributed by atoms with Crippen LogP contribution in [0.15, 0.2) is 73.1 Å². The summed E-state index contributed by atoms with van der Waals surface area (Å²) >= 11 is 0. The first-order valence-electron chi connectivity index (χ1n) is 8.64. The van der Waals surface area contributed by atoms with Crippen LogP contribution in [0.25, 0.3) is 0 Å². The van der Waals surface area contributed by atoms with Crippen LogP contribution < -0.4 is 10.6 Å². The van der Waals surface area contributed by atoms with E-state index in [0.717, 1.165) is 24.1 Å². The lowest BCUT2D eigenvalue weighted by molar-refractivity contribution is -0.137. The van der Waals surface area contributed by atoms with Gasteiger partial charge >= 0.3 is 6.18 Å². The van der Waals surface area contributed by atoms with Crippen LogP contribution >= 0.6 is 0 Å². The molecule has 0 bridgehead atoms. The Labute approximate surface area is 160 Å². The van der Waals surface area contributed by atoms with Gasteiger partial charge in [-0.05, 0) is 48.4 Å². The number of hydrogen-bond donors (Lipinski definition) is 2. The van der Waals surface area contributed by atoms with Crippen molar-refractivity contribution in [2.24, 2.45) is 0 Å². The van der Waals surface area contributed by atoms with Crippen LogP contribution in [0.2, 0.25) is 0 Å².